The van der Waals surface area contributed by atoms with Gasteiger partial charge in [0.25, 0.3) is 0 Å². The van der Waals surface area contributed by atoms with Crippen LogP contribution in [0.25, 0.3) is 0 Å². The number of halogens is 2. The second kappa shape index (κ2) is 2.49. The third-order valence-electron chi connectivity index (χ3n) is 0.437. The number of rotatable bonds is 2. The maximum atomic E-state index is 11.1. The van der Waals surface area contributed by atoms with Crippen LogP contribution in [0, 0.1) is 0 Å². The standard InChI is InChI=1S/C3H4F2NO/c1-6(2-7)3(4)5/h3H,1H3. The van der Waals surface area contributed by atoms with E-state index < -0.39 is 6.55 Å². The molecular formula is C3H4F2NO. The molecule has 0 aromatic carbocycles. The molecule has 41 valence electrons. The lowest BCUT2D eigenvalue weighted by molar-refractivity contribution is 0.0356. The van der Waals surface area contributed by atoms with E-state index in [1.165, 1.54) is 0 Å². The summed E-state index contributed by atoms with van der Waals surface area (Å²) in [7, 11) is 0.956. The summed E-state index contributed by atoms with van der Waals surface area (Å²) in [6.07, 6.45) is 0.998. The zero-order valence-corrected chi connectivity index (χ0v) is 3.69. The van der Waals surface area contributed by atoms with E-state index in [2.05, 4.69) is 0 Å². The Labute approximate surface area is 39.7 Å². The van der Waals surface area contributed by atoms with Gasteiger partial charge in [-0.15, -0.1) is 0 Å². The van der Waals surface area contributed by atoms with E-state index in [9.17, 15) is 13.6 Å². The molecule has 1 radical (unpaired) electrons. The first-order valence-electron chi connectivity index (χ1n) is 1.57. The van der Waals surface area contributed by atoms with E-state index in [1.807, 2.05) is 0 Å². The lowest BCUT2D eigenvalue weighted by Crippen LogP contribution is -2.21. The average molecular weight is 108 g/mol. The SMILES string of the molecule is CN([C]=O)C(F)F. The number of hydrogen-bond acceptors (Lipinski definition) is 1. The second-order valence-corrected chi connectivity index (χ2v) is 0.980. The van der Waals surface area contributed by atoms with E-state index in [0.717, 1.165) is 13.5 Å². The van der Waals surface area contributed by atoms with Gasteiger partial charge in [-0.05, 0) is 0 Å². The van der Waals surface area contributed by atoms with Gasteiger partial charge >= 0.3 is 13.0 Å². The number of carbonyl (C=O) groups excluding carboxylic acids is 1. The topological polar surface area (TPSA) is 20.3 Å². The fraction of sp³-hybridized carbons (Fsp3) is 0.667. The van der Waals surface area contributed by atoms with Gasteiger partial charge in [-0.1, -0.05) is 0 Å². The first kappa shape index (κ1) is 6.33. The molecule has 0 heterocycles. The molecule has 0 spiro atoms. The highest BCUT2D eigenvalue weighted by atomic mass is 19.3. The fourth-order valence-corrected chi connectivity index (χ4v) is 0.0398. The van der Waals surface area contributed by atoms with E-state index in [-0.39, 0.29) is 4.90 Å². The van der Waals surface area contributed by atoms with Crippen molar-refractivity contribution in [3.05, 3.63) is 0 Å². The molecule has 0 fully saturated rings. The average Bonchev–Trinajstić information content (AvgIpc) is 1.65. The molecule has 2 nitrogen and oxygen atoms in total. The molecule has 0 N–H and O–H groups in total. The number of amides is 1. The molecule has 0 saturated carbocycles. The van der Waals surface area contributed by atoms with Gasteiger partial charge in [0.2, 0.25) is 0 Å². The van der Waals surface area contributed by atoms with Crippen molar-refractivity contribution in [2.75, 3.05) is 7.05 Å². The highest BCUT2D eigenvalue weighted by Gasteiger charge is 2.06. The highest BCUT2D eigenvalue weighted by Crippen LogP contribution is 1.92. The predicted molar refractivity (Wildman–Crippen MR) is 19.5 cm³/mol. The van der Waals surface area contributed by atoms with Gasteiger partial charge in [0.05, 0.1) is 0 Å². The zero-order valence-electron chi connectivity index (χ0n) is 3.69. The van der Waals surface area contributed by atoms with Gasteiger partial charge in [0.1, 0.15) is 0 Å². The first-order valence-corrected chi connectivity index (χ1v) is 1.57. The van der Waals surface area contributed by atoms with Gasteiger partial charge in [-0.25, -0.2) is 0 Å². The highest BCUT2D eigenvalue weighted by molar-refractivity contribution is 5.47. The Bertz CT molecular complexity index is 66.0. The summed E-state index contributed by atoms with van der Waals surface area (Å²) in [5.74, 6) is 0. The van der Waals surface area contributed by atoms with Crippen molar-refractivity contribution in [2.45, 2.75) is 6.55 Å². The summed E-state index contributed by atoms with van der Waals surface area (Å²) in [6, 6.07) is 0. The minimum Gasteiger partial charge on any atom is -0.281 e. The Hall–Kier alpha value is -0.670. The summed E-state index contributed by atoms with van der Waals surface area (Å²) in [5, 5.41) is 0. The lowest BCUT2D eigenvalue weighted by atomic mass is 10.9. The van der Waals surface area contributed by atoms with Crippen LogP contribution in [0.2, 0.25) is 0 Å². The van der Waals surface area contributed by atoms with Gasteiger partial charge in [-0.2, -0.15) is 8.78 Å². The number of alkyl halides is 2. The predicted octanol–water partition coefficient (Wildman–Crippen LogP) is 0.208. The largest absolute Gasteiger partial charge is 0.317 e. The van der Waals surface area contributed by atoms with Crippen molar-refractivity contribution in [3.63, 3.8) is 0 Å². The van der Waals surface area contributed by atoms with Crippen LogP contribution in [0.1, 0.15) is 0 Å². The van der Waals surface area contributed by atoms with Crippen molar-refractivity contribution in [2.24, 2.45) is 0 Å². The molecule has 0 aliphatic rings. The van der Waals surface area contributed by atoms with Crippen LogP contribution in [-0.2, 0) is 4.79 Å². The van der Waals surface area contributed by atoms with Crippen LogP contribution in [0.4, 0.5) is 8.78 Å². The fourth-order valence-electron chi connectivity index (χ4n) is 0.0398. The Morgan fingerprint density at radius 1 is 1.71 bits per heavy atom. The van der Waals surface area contributed by atoms with E-state index in [1.54, 1.807) is 0 Å². The quantitative estimate of drug-likeness (QED) is 0.365. The van der Waals surface area contributed by atoms with Crippen LogP contribution >= 0.6 is 0 Å². The second-order valence-electron chi connectivity index (χ2n) is 0.980. The van der Waals surface area contributed by atoms with Gasteiger partial charge in [-0.3, -0.25) is 9.69 Å². The maximum absolute atomic E-state index is 11.1. The smallest absolute Gasteiger partial charge is 0.281 e. The minimum atomic E-state index is -2.72. The first-order chi connectivity index (χ1) is 3.18. The number of nitrogens with zero attached hydrogens (tertiary/aromatic N) is 1. The third-order valence-corrected chi connectivity index (χ3v) is 0.437. The molecule has 0 aliphatic heterocycles. The minimum absolute atomic E-state index is 0.153. The van der Waals surface area contributed by atoms with Crippen molar-refractivity contribution in [1.29, 1.82) is 0 Å². The Morgan fingerprint density at radius 3 is 2.14 bits per heavy atom. The van der Waals surface area contributed by atoms with Crippen LogP contribution in [0.5, 0.6) is 0 Å². The monoisotopic (exact) mass is 108 g/mol. The summed E-state index contributed by atoms with van der Waals surface area (Å²) < 4.78 is 22.2. The lowest BCUT2D eigenvalue weighted by Gasteiger charge is -2.04. The Morgan fingerprint density at radius 2 is 2.14 bits per heavy atom. The molecule has 0 rings (SSSR count). The molecule has 0 saturated heterocycles. The molecule has 1 amide bonds. The molecule has 0 unspecified atom stereocenters. The molecule has 0 aliphatic carbocycles. The summed E-state index contributed by atoms with van der Waals surface area (Å²) >= 11 is 0. The van der Waals surface area contributed by atoms with E-state index in [4.69, 9.17) is 0 Å². The molecule has 4 heteroatoms. The van der Waals surface area contributed by atoms with Gasteiger partial charge < -0.3 is 0 Å². The van der Waals surface area contributed by atoms with Crippen molar-refractivity contribution in [3.8, 4) is 0 Å². The third kappa shape index (κ3) is 2.08. The van der Waals surface area contributed by atoms with Crippen molar-refractivity contribution < 1.29 is 13.6 Å². The zero-order chi connectivity index (χ0) is 5.86. The molecule has 0 aromatic rings. The molecule has 7 heavy (non-hydrogen) atoms. The summed E-state index contributed by atoms with van der Waals surface area (Å²) in [5.41, 5.74) is 0. The van der Waals surface area contributed by atoms with E-state index in [0.29, 0.717) is 0 Å². The Kier molecular flexibility index (Phi) is 2.26. The Balaban J connectivity index is 3.33. The molecule has 0 bridgehead atoms. The van der Waals surface area contributed by atoms with Gasteiger partial charge in [0.15, 0.2) is 0 Å². The number of hydrogen-bond donors (Lipinski definition) is 0. The molecule has 0 aromatic heterocycles. The van der Waals surface area contributed by atoms with Crippen LogP contribution in [0.3, 0.4) is 0 Å². The maximum Gasteiger partial charge on any atom is 0.317 e. The molecular weight excluding hydrogens is 104 g/mol. The van der Waals surface area contributed by atoms with Gasteiger partial charge in [0, 0.05) is 7.05 Å². The molecule has 0 atom stereocenters. The normalized spacial score (nSPS) is 9.14. The van der Waals surface area contributed by atoms with Crippen molar-refractivity contribution in [1.82, 2.24) is 4.90 Å². The summed E-state index contributed by atoms with van der Waals surface area (Å²) in [6.45, 7) is -2.72. The van der Waals surface area contributed by atoms with Crippen LogP contribution in [-0.4, -0.2) is 24.9 Å². The van der Waals surface area contributed by atoms with Crippen LogP contribution < -0.4 is 0 Å². The summed E-state index contributed by atoms with van der Waals surface area (Å²) in [4.78, 5) is 9.42. The van der Waals surface area contributed by atoms with E-state index >= 15 is 0 Å². The van der Waals surface area contributed by atoms with Crippen LogP contribution in [0.15, 0.2) is 0 Å². The van der Waals surface area contributed by atoms with Crippen molar-refractivity contribution >= 4 is 6.41 Å².